The van der Waals surface area contributed by atoms with Gasteiger partial charge in [0.25, 0.3) is 0 Å². The highest BCUT2D eigenvalue weighted by Crippen LogP contribution is 2.40. The van der Waals surface area contributed by atoms with Crippen LogP contribution in [-0.2, 0) is 4.74 Å². The van der Waals surface area contributed by atoms with Crippen molar-refractivity contribution in [2.45, 2.75) is 31.4 Å². The van der Waals surface area contributed by atoms with Crippen LogP contribution < -0.4 is 5.32 Å². The average molecular weight is 284 g/mol. The number of nitro groups is 1. The lowest BCUT2D eigenvalue weighted by atomic mass is 10.1. The summed E-state index contributed by atoms with van der Waals surface area (Å²) in [4.78, 5) is 14.6. The van der Waals surface area contributed by atoms with Gasteiger partial charge in [0, 0.05) is 12.7 Å². The summed E-state index contributed by atoms with van der Waals surface area (Å²) in [5, 5.41) is 14.4. The van der Waals surface area contributed by atoms with Crippen LogP contribution in [0.5, 0.6) is 0 Å². The van der Waals surface area contributed by atoms with Gasteiger partial charge in [0.2, 0.25) is 5.82 Å². The van der Waals surface area contributed by atoms with Gasteiger partial charge in [-0.05, 0) is 31.2 Å². The third-order valence-electron chi connectivity index (χ3n) is 3.58. The molecule has 1 aliphatic heterocycles. The number of pyridine rings is 1. The summed E-state index contributed by atoms with van der Waals surface area (Å²) >= 11 is 5.81. The van der Waals surface area contributed by atoms with Gasteiger partial charge < -0.3 is 10.1 Å². The van der Waals surface area contributed by atoms with E-state index in [2.05, 4.69) is 10.3 Å². The zero-order valence-corrected chi connectivity index (χ0v) is 11.0. The van der Waals surface area contributed by atoms with E-state index in [1.807, 2.05) is 0 Å². The van der Waals surface area contributed by atoms with E-state index in [1.165, 1.54) is 25.0 Å². The van der Waals surface area contributed by atoms with Crippen LogP contribution in [0.3, 0.4) is 0 Å². The van der Waals surface area contributed by atoms with Crippen molar-refractivity contribution in [1.82, 2.24) is 4.98 Å². The first-order valence-corrected chi connectivity index (χ1v) is 6.72. The molecule has 1 saturated heterocycles. The monoisotopic (exact) mass is 283 g/mol. The summed E-state index contributed by atoms with van der Waals surface area (Å²) in [5.41, 5.74) is -0.0501. The second-order valence-electron chi connectivity index (χ2n) is 4.97. The predicted octanol–water partition coefficient (Wildman–Crippen LogP) is 2.62. The van der Waals surface area contributed by atoms with E-state index in [0.29, 0.717) is 12.5 Å². The maximum Gasteiger partial charge on any atom is 0.311 e. The number of anilines is 1. The van der Waals surface area contributed by atoms with Crippen molar-refractivity contribution in [2.75, 3.05) is 11.9 Å². The highest BCUT2D eigenvalue weighted by Gasteiger charge is 2.41. The molecule has 0 bridgehead atoms. The standard InChI is InChI=1S/C12H14ClN3O3/c13-10-4-3-9(16(17)18)12(15-10)14-8-5-6-19-11(8)7-1-2-7/h3-4,7-8,11H,1-2,5-6H2,(H,14,15). The van der Waals surface area contributed by atoms with E-state index in [-0.39, 0.29) is 28.8 Å². The molecule has 2 unspecified atom stereocenters. The van der Waals surface area contributed by atoms with E-state index in [4.69, 9.17) is 16.3 Å². The van der Waals surface area contributed by atoms with Gasteiger partial charge in [0.15, 0.2) is 0 Å². The molecule has 2 aliphatic rings. The summed E-state index contributed by atoms with van der Waals surface area (Å²) < 4.78 is 5.70. The molecular weight excluding hydrogens is 270 g/mol. The van der Waals surface area contributed by atoms with E-state index in [1.54, 1.807) is 0 Å². The lowest BCUT2D eigenvalue weighted by Crippen LogP contribution is -2.31. The van der Waals surface area contributed by atoms with Crippen LogP contribution in [0.4, 0.5) is 11.5 Å². The molecule has 1 aliphatic carbocycles. The Hall–Kier alpha value is -1.40. The first-order chi connectivity index (χ1) is 9.15. The molecule has 0 radical (unpaired) electrons. The van der Waals surface area contributed by atoms with E-state index in [0.717, 1.165) is 6.42 Å². The van der Waals surface area contributed by atoms with Crippen LogP contribution in [0, 0.1) is 16.0 Å². The third kappa shape index (κ3) is 2.64. The number of hydrogen-bond acceptors (Lipinski definition) is 5. The number of nitrogens with one attached hydrogen (secondary N) is 1. The van der Waals surface area contributed by atoms with Crippen LogP contribution in [-0.4, -0.2) is 28.7 Å². The second kappa shape index (κ2) is 4.94. The lowest BCUT2D eigenvalue weighted by Gasteiger charge is -2.19. The molecule has 19 heavy (non-hydrogen) atoms. The third-order valence-corrected chi connectivity index (χ3v) is 3.79. The van der Waals surface area contributed by atoms with Gasteiger partial charge in [0.05, 0.1) is 17.1 Å². The topological polar surface area (TPSA) is 77.3 Å². The van der Waals surface area contributed by atoms with Gasteiger partial charge in [-0.1, -0.05) is 11.6 Å². The van der Waals surface area contributed by atoms with E-state index in [9.17, 15) is 10.1 Å². The van der Waals surface area contributed by atoms with Crippen molar-refractivity contribution in [3.05, 3.63) is 27.4 Å². The van der Waals surface area contributed by atoms with Gasteiger partial charge in [-0.25, -0.2) is 4.98 Å². The molecule has 6 nitrogen and oxygen atoms in total. The minimum atomic E-state index is -0.451. The molecule has 0 spiro atoms. The van der Waals surface area contributed by atoms with Crippen molar-refractivity contribution in [2.24, 2.45) is 5.92 Å². The summed E-state index contributed by atoms with van der Waals surface area (Å²) in [6.45, 7) is 0.688. The minimum Gasteiger partial charge on any atom is -0.376 e. The molecular formula is C12H14ClN3O3. The van der Waals surface area contributed by atoms with Gasteiger partial charge in [-0.15, -0.1) is 0 Å². The Kier molecular flexibility index (Phi) is 3.28. The molecule has 1 N–H and O–H groups in total. The Morgan fingerprint density at radius 2 is 2.21 bits per heavy atom. The maximum atomic E-state index is 11.0. The Labute approximate surface area is 115 Å². The highest BCUT2D eigenvalue weighted by molar-refractivity contribution is 6.29. The van der Waals surface area contributed by atoms with Crippen molar-refractivity contribution < 1.29 is 9.66 Å². The molecule has 1 aromatic rings. The maximum absolute atomic E-state index is 11.0. The minimum absolute atomic E-state index is 0.0501. The number of aromatic nitrogens is 1. The van der Waals surface area contributed by atoms with Crippen molar-refractivity contribution in [1.29, 1.82) is 0 Å². The molecule has 2 atom stereocenters. The van der Waals surface area contributed by atoms with Crippen molar-refractivity contribution >= 4 is 23.1 Å². The number of nitrogens with zero attached hydrogens (tertiary/aromatic N) is 2. The fourth-order valence-electron chi connectivity index (χ4n) is 2.51. The van der Waals surface area contributed by atoms with Crippen LogP contribution in [0.25, 0.3) is 0 Å². The zero-order chi connectivity index (χ0) is 13.4. The van der Waals surface area contributed by atoms with Crippen LogP contribution in [0.1, 0.15) is 19.3 Å². The zero-order valence-electron chi connectivity index (χ0n) is 10.2. The average Bonchev–Trinajstić information content (AvgIpc) is 3.10. The summed E-state index contributed by atoms with van der Waals surface area (Å²) in [6.07, 6.45) is 3.33. The Morgan fingerprint density at radius 3 is 2.89 bits per heavy atom. The summed E-state index contributed by atoms with van der Waals surface area (Å²) in [7, 11) is 0. The fourth-order valence-corrected chi connectivity index (χ4v) is 2.66. The SMILES string of the molecule is O=[N+]([O-])c1ccc(Cl)nc1NC1CCOC1C1CC1. The van der Waals surface area contributed by atoms with Crippen LogP contribution in [0.2, 0.25) is 5.15 Å². The fraction of sp³-hybridized carbons (Fsp3) is 0.583. The second-order valence-corrected chi connectivity index (χ2v) is 5.36. The number of ether oxygens (including phenoxy) is 1. The van der Waals surface area contributed by atoms with E-state index >= 15 is 0 Å². The number of hydrogen-bond donors (Lipinski definition) is 1. The quantitative estimate of drug-likeness (QED) is 0.522. The first-order valence-electron chi connectivity index (χ1n) is 6.34. The van der Waals surface area contributed by atoms with Crippen molar-refractivity contribution in [3.63, 3.8) is 0 Å². The predicted molar refractivity (Wildman–Crippen MR) is 70.4 cm³/mol. The molecule has 7 heteroatoms. The Morgan fingerprint density at radius 1 is 1.42 bits per heavy atom. The summed E-state index contributed by atoms with van der Waals surface area (Å²) in [5.74, 6) is 0.817. The van der Waals surface area contributed by atoms with Gasteiger partial charge in [-0.2, -0.15) is 0 Å². The number of rotatable bonds is 4. The lowest BCUT2D eigenvalue weighted by molar-refractivity contribution is -0.384. The normalized spacial score (nSPS) is 26.4. The molecule has 2 heterocycles. The Balaban J connectivity index is 1.81. The molecule has 102 valence electrons. The van der Waals surface area contributed by atoms with E-state index < -0.39 is 4.92 Å². The first kappa shape index (κ1) is 12.6. The molecule has 1 saturated carbocycles. The molecule has 0 aromatic carbocycles. The van der Waals surface area contributed by atoms with Crippen LogP contribution >= 0.6 is 11.6 Å². The molecule has 2 fully saturated rings. The summed E-state index contributed by atoms with van der Waals surface area (Å²) in [6, 6.07) is 2.88. The molecule has 3 rings (SSSR count). The number of halogens is 1. The van der Waals surface area contributed by atoms with Gasteiger partial charge in [-0.3, -0.25) is 10.1 Å². The molecule has 0 amide bonds. The highest BCUT2D eigenvalue weighted by atomic mass is 35.5. The van der Waals surface area contributed by atoms with Gasteiger partial charge in [0.1, 0.15) is 5.15 Å². The van der Waals surface area contributed by atoms with Crippen LogP contribution in [0.15, 0.2) is 12.1 Å². The Bertz CT molecular complexity index is 507. The van der Waals surface area contributed by atoms with Crippen molar-refractivity contribution in [3.8, 4) is 0 Å². The largest absolute Gasteiger partial charge is 0.376 e. The smallest absolute Gasteiger partial charge is 0.311 e. The molecule has 1 aromatic heterocycles. The van der Waals surface area contributed by atoms with Gasteiger partial charge >= 0.3 is 5.69 Å².